The Morgan fingerprint density at radius 2 is 2.08 bits per heavy atom. The van der Waals surface area contributed by atoms with E-state index in [2.05, 4.69) is 16.5 Å². The highest BCUT2D eigenvalue weighted by atomic mass is 16.5. The van der Waals surface area contributed by atoms with Crippen LogP contribution in [0.3, 0.4) is 0 Å². The predicted octanol–water partition coefficient (Wildman–Crippen LogP) is 1.02. The molecule has 0 bridgehead atoms. The van der Waals surface area contributed by atoms with Gasteiger partial charge in [-0.15, -0.1) is 0 Å². The van der Waals surface area contributed by atoms with Crippen molar-refractivity contribution in [2.75, 3.05) is 13.2 Å². The van der Waals surface area contributed by atoms with Gasteiger partial charge in [-0.2, -0.15) is 0 Å². The molecule has 12 heavy (non-hydrogen) atoms. The van der Waals surface area contributed by atoms with Crippen LogP contribution in [-0.2, 0) is 4.74 Å². The first-order chi connectivity index (χ1) is 5.93. The lowest BCUT2D eigenvalue weighted by molar-refractivity contribution is 0.172. The third-order valence-corrected chi connectivity index (χ3v) is 1.09. The van der Waals surface area contributed by atoms with Crippen molar-refractivity contribution < 1.29 is 9.47 Å². The van der Waals surface area contributed by atoms with E-state index >= 15 is 0 Å². The number of hydrogen-bond donors (Lipinski definition) is 0. The molecule has 0 aliphatic rings. The van der Waals surface area contributed by atoms with E-state index in [4.69, 9.17) is 9.47 Å². The van der Waals surface area contributed by atoms with E-state index in [1.54, 1.807) is 18.5 Å². The summed E-state index contributed by atoms with van der Waals surface area (Å²) in [5, 5.41) is 0. The van der Waals surface area contributed by atoms with Crippen molar-refractivity contribution in [3.8, 4) is 6.01 Å². The number of aromatic nitrogens is 2. The Morgan fingerprint density at radius 3 is 2.75 bits per heavy atom. The Bertz CT molecular complexity index is 226. The highest BCUT2D eigenvalue weighted by Crippen LogP contribution is 1.96. The zero-order valence-electron chi connectivity index (χ0n) is 6.64. The third-order valence-electron chi connectivity index (χ3n) is 1.09. The Hall–Kier alpha value is -1.58. The molecule has 0 unspecified atom stereocenters. The monoisotopic (exact) mass is 166 g/mol. The Labute approximate surface area is 70.9 Å². The molecule has 1 rings (SSSR count). The van der Waals surface area contributed by atoms with Crippen LogP contribution in [0.5, 0.6) is 6.01 Å². The summed E-state index contributed by atoms with van der Waals surface area (Å²) in [4.78, 5) is 7.72. The Balaban J connectivity index is 2.20. The molecule has 0 atom stereocenters. The molecule has 1 heterocycles. The van der Waals surface area contributed by atoms with Crippen molar-refractivity contribution in [1.29, 1.82) is 0 Å². The molecule has 1 aromatic heterocycles. The van der Waals surface area contributed by atoms with Gasteiger partial charge in [-0.1, -0.05) is 6.58 Å². The number of nitrogens with zero attached hydrogens (tertiary/aromatic N) is 2. The average Bonchev–Trinajstić information content (AvgIpc) is 2.14. The van der Waals surface area contributed by atoms with Crippen LogP contribution >= 0.6 is 0 Å². The summed E-state index contributed by atoms with van der Waals surface area (Å²) >= 11 is 0. The van der Waals surface area contributed by atoms with E-state index < -0.39 is 0 Å². The van der Waals surface area contributed by atoms with Crippen LogP contribution in [-0.4, -0.2) is 23.2 Å². The highest BCUT2D eigenvalue weighted by molar-refractivity contribution is 4.92. The lowest BCUT2D eigenvalue weighted by Gasteiger charge is -2.02. The van der Waals surface area contributed by atoms with Gasteiger partial charge in [0.1, 0.15) is 13.2 Å². The van der Waals surface area contributed by atoms with Crippen molar-refractivity contribution in [1.82, 2.24) is 9.97 Å². The zero-order valence-corrected chi connectivity index (χ0v) is 6.64. The SMILES string of the molecule is C=COCCOc1ncccn1. The van der Waals surface area contributed by atoms with E-state index in [0.717, 1.165) is 0 Å². The standard InChI is InChI=1S/C8H10N2O2/c1-2-11-6-7-12-8-9-4-3-5-10-8/h2-5H,1,6-7H2. The van der Waals surface area contributed by atoms with Gasteiger partial charge >= 0.3 is 6.01 Å². The first-order valence-electron chi connectivity index (χ1n) is 3.56. The summed E-state index contributed by atoms with van der Waals surface area (Å²) < 4.78 is 9.95. The predicted molar refractivity (Wildman–Crippen MR) is 43.7 cm³/mol. The van der Waals surface area contributed by atoms with Gasteiger partial charge in [0.05, 0.1) is 6.26 Å². The van der Waals surface area contributed by atoms with Crippen LogP contribution < -0.4 is 4.74 Å². The molecule has 0 fully saturated rings. The van der Waals surface area contributed by atoms with Gasteiger partial charge in [-0.05, 0) is 6.07 Å². The minimum atomic E-state index is 0.366. The molecule has 0 N–H and O–H groups in total. The number of hydrogen-bond acceptors (Lipinski definition) is 4. The minimum absolute atomic E-state index is 0.366. The maximum absolute atomic E-state index is 5.11. The normalized spacial score (nSPS) is 9.00. The summed E-state index contributed by atoms with van der Waals surface area (Å²) in [6.45, 7) is 4.28. The van der Waals surface area contributed by atoms with E-state index in [9.17, 15) is 0 Å². The van der Waals surface area contributed by atoms with Gasteiger partial charge in [0, 0.05) is 12.4 Å². The first-order valence-corrected chi connectivity index (χ1v) is 3.56. The maximum atomic E-state index is 5.11. The minimum Gasteiger partial charge on any atom is -0.498 e. The fourth-order valence-electron chi connectivity index (χ4n) is 0.624. The lowest BCUT2D eigenvalue weighted by Crippen LogP contribution is -2.05. The molecule has 4 nitrogen and oxygen atoms in total. The van der Waals surface area contributed by atoms with E-state index in [1.165, 1.54) is 6.26 Å². The lowest BCUT2D eigenvalue weighted by atomic mass is 10.7. The summed E-state index contributed by atoms with van der Waals surface area (Å²) in [6, 6.07) is 2.10. The second kappa shape index (κ2) is 5.12. The van der Waals surface area contributed by atoms with E-state index in [1.807, 2.05) is 0 Å². The number of ether oxygens (including phenoxy) is 2. The van der Waals surface area contributed by atoms with Crippen LogP contribution in [0.4, 0.5) is 0 Å². The quantitative estimate of drug-likeness (QED) is 0.483. The van der Waals surface area contributed by atoms with Crippen LogP contribution in [0.2, 0.25) is 0 Å². The van der Waals surface area contributed by atoms with Crippen LogP contribution in [0.1, 0.15) is 0 Å². The van der Waals surface area contributed by atoms with Gasteiger partial charge < -0.3 is 9.47 Å². The van der Waals surface area contributed by atoms with Crippen LogP contribution in [0.15, 0.2) is 31.3 Å². The molecule has 1 aromatic rings. The van der Waals surface area contributed by atoms with E-state index in [-0.39, 0.29) is 0 Å². The zero-order chi connectivity index (χ0) is 8.65. The van der Waals surface area contributed by atoms with Crippen molar-refractivity contribution in [2.45, 2.75) is 0 Å². The Kier molecular flexibility index (Phi) is 3.63. The van der Waals surface area contributed by atoms with Crippen molar-refractivity contribution in [3.05, 3.63) is 31.3 Å². The van der Waals surface area contributed by atoms with Crippen molar-refractivity contribution in [3.63, 3.8) is 0 Å². The summed E-state index contributed by atoms with van der Waals surface area (Å²) in [7, 11) is 0. The molecule has 4 heteroatoms. The maximum Gasteiger partial charge on any atom is 0.316 e. The molecule has 0 amide bonds. The molecule has 0 aliphatic heterocycles. The number of rotatable bonds is 5. The van der Waals surface area contributed by atoms with Crippen LogP contribution in [0.25, 0.3) is 0 Å². The van der Waals surface area contributed by atoms with Crippen molar-refractivity contribution in [2.24, 2.45) is 0 Å². The second-order valence-electron chi connectivity index (χ2n) is 1.92. The fraction of sp³-hybridized carbons (Fsp3) is 0.250. The summed E-state index contributed by atoms with van der Waals surface area (Å²) in [5.74, 6) is 0. The molecular weight excluding hydrogens is 156 g/mol. The van der Waals surface area contributed by atoms with Gasteiger partial charge in [0.25, 0.3) is 0 Å². The van der Waals surface area contributed by atoms with Gasteiger partial charge in [-0.25, -0.2) is 9.97 Å². The van der Waals surface area contributed by atoms with Gasteiger partial charge in [0.2, 0.25) is 0 Å². The van der Waals surface area contributed by atoms with Gasteiger partial charge in [-0.3, -0.25) is 0 Å². The van der Waals surface area contributed by atoms with Gasteiger partial charge in [0.15, 0.2) is 0 Å². The average molecular weight is 166 g/mol. The molecule has 0 aliphatic carbocycles. The first kappa shape index (κ1) is 8.52. The molecular formula is C8H10N2O2. The Morgan fingerprint density at radius 1 is 1.33 bits per heavy atom. The topological polar surface area (TPSA) is 44.2 Å². The second-order valence-corrected chi connectivity index (χ2v) is 1.92. The molecule has 0 radical (unpaired) electrons. The summed E-state index contributed by atoms with van der Waals surface area (Å²) in [5.41, 5.74) is 0. The van der Waals surface area contributed by atoms with Crippen molar-refractivity contribution >= 4 is 0 Å². The smallest absolute Gasteiger partial charge is 0.316 e. The molecule has 0 spiro atoms. The van der Waals surface area contributed by atoms with Crippen LogP contribution in [0, 0.1) is 0 Å². The summed E-state index contributed by atoms with van der Waals surface area (Å²) in [6.07, 6.45) is 4.61. The van der Waals surface area contributed by atoms with E-state index in [0.29, 0.717) is 19.2 Å². The molecule has 0 aromatic carbocycles. The largest absolute Gasteiger partial charge is 0.498 e. The third kappa shape index (κ3) is 3.01. The fourth-order valence-corrected chi connectivity index (χ4v) is 0.624. The highest BCUT2D eigenvalue weighted by Gasteiger charge is 1.92. The molecule has 0 saturated heterocycles. The molecule has 64 valence electrons. The molecule has 0 saturated carbocycles.